The van der Waals surface area contributed by atoms with Gasteiger partial charge < -0.3 is 10.8 Å². The SMILES string of the molecule is Cc1nc(C2CCCN2CCO)ncc1C(N)=O. The smallest absolute Gasteiger partial charge is 0.252 e. The molecular formula is C12H18N4O2. The highest BCUT2D eigenvalue weighted by Gasteiger charge is 2.28. The Kier molecular flexibility index (Phi) is 3.88. The summed E-state index contributed by atoms with van der Waals surface area (Å²) in [7, 11) is 0. The maximum absolute atomic E-state index is 11.1. The number of carbonyl (C=O) groups excluding carboxylic acids is 1. The van der Waals surface area contributed by atoms with Crippen molar-refractivity contribution >= 4 is 5.91 Å². The fourth-order valence-electron chi connectivity index (χ4n) is 2.40. The van der Waals surface area contributed by atoms with Crippen molar-refractivity contribution in [2.75, 3.05) is 19.7 Å². The number of nitrogens with two attached hydrogens (primary N) is 1. The number of amides is 1. The standard InChI is InChI=1S/C12H18N4O2/c1-8-9(11(13)18)7-14-12(15-8)10-3-2-4-16(10)5-6-17/h7,10,17H,2-6H2,1H3,(H2,13,18). The van der Waals surface area contributed by atoms with Crippen molar-refractivity contribution in [3.63, 3.8) is 0 Å². The van der Waals surface area contributed by atoms with Crippen molar-refractivity contribution in [1.29, 1.82) is 0 Å². The van der Waals surface area contributed by atoms with Crippen LogP contribution in [0.2, 0.25) is 0 Å². The molecule has 1 aromatic heterocycles. The van der Waals surface area contributed by atoms with Gasteiger partial charge in [0.25, 0.3) is 5.91 Å². The zero-order valence-corrected chi connectivity index (χ0v) is 10.5. The van der Waals surface area contributed by atoms with Gasteiger partial charge in [0.05, 0.1) is 23.9 Å². The van der Waals surface area contributed by atoms with Gasteiger partial charge in [-0.05, 0) is 26.3 Å². The molecule has 6 heteroatoms. The Bertz CT molecular complexity index is 450. The van der Waals surface area contributed by atoms with Crippen molar-refractivity contribution < 1.29 is 9.90 Å². The van der Waals surface area contributed by atoms with E-state index >= 15 is 0 Å². The van der Waals surface area contributed by atoms with Crippen LogP contribution in [0.1, 0.15) is 40.8 Å². The van der Waals surface area contributed by atoms with E-state index in [0.29, 0.717) is 23.6 Å². The topological polar surface area (TPSA) is 92.3 Å². The first kappa shape index (κ1) is 12.9. The first-order chi connectivity index (χ1) is 8.63. The average Bonchev–Trinajstić information content (AvgIpc) is 2.77. The first-order valence-corrected chi connectivity index (χ1v) is 6.11. The summed E-state index contributed by atoms with van der Waals surface area (Å²) in [5.41, 5.74) is 6.21. The largest absolute Gasteiger partial charge is 0.395 e. The van der Waals surface area contributed by atoms with Crippen LogP contribution < -0.4 is 5.73 Å². The summed E-state index contributed by atoms with van der Waals surface area (Å²) < 4.78 is 0. The monoisotopic (exact) mass is 250 g/mol. The van der Waals surface area contributed by atoms with E-state index in [9.17, 15) is 4.79 Å². The number of primary amides is 1. The number of rotatable bonds is 4. The maximum Gasteiger partial charge on any atom is 0.252 e. The fraction of sp³-hybridized carbons (Fsp3) is 0.583. The second-order valence-corrected chi connectivity index (χ2v) is 4.51. The molecule has 3 N–H and O–H groups in total. The number of carbonyl (C=O) groups is 1. The average molecular weight is 250 g/mol. The highest BCUT2D eigenvalue weighted by molar-refractivity contribution is 5.93. The number of hydrogen-bond donors (Lipinski definition) is 2. The second kappa shape index (κ2) is 5.41. The Morgan fingerprint density at radius 2 is 2.44 bits per heavy atom. The van der Waals surface area contributed by atoms with E-state index in [1.807, 2.05) is 0 Å². The summed E-state index contributed by atoms with van der Waals surface area (Å²) in [6.07, 6.45) is 3.55. The van der Waals surface area contributed by atoms with Crippen molar-refractivity contribution in [2.45, 2.75) is 25.8 Å². The van der Waals surface area contributed by atoms with Gasteiger partial charge in [0.15, 0.2) is 0 Å². The maximum atomic E-state index is 11.1. The quantitative estimate of drug-likeness (QED) is 0.785. The van der Waals surface area contributed by atoms with E-state index in [1.54, 1.807) is 6.92 Å². The van der Waals surface area contributed by atoms with E-state index < -0.39 is 5.91 Å². The summed E-state index contributed by atoms with van der Waals surface area (Å²) in [6, 6.07) is 0.137. The number of nitrogens with zero attached hydrogens (tertiary/aromatic N) is 3. The summed E-state index contributed by atoms with van der Waals surface area (Å²) in [5.74, 6) is 0.209. The summed E-state index contributed by atoms with van der Waals surface area (Å²) >= 11 is 0. The Morgan fingerprint density at radius 1 is 1.67 bits per heavy atom. The third kappa shape index (κ3) is 2.49. The van der Waals surface area contributed by atoms with Gasteiger partial charge in [-0.1, -0.05) is 0 Å². The van der Waals surface area contributed by atoms with E-state index in [4.69, 9.17) is 10.8 Å². The van der Waals surface area contributed by atoms with Crippen LogP contribution in [0, 0.1) is 6.92 Å². The highest BCUT2D eigenvalue weighted by atomic mass is 16.3. The third-order valence-corrected chi connectivity index (χ3v) is 3.31. The minimum atomic E-state index is -0.502. The Balaban J connectivity index is 2.23. The van der Waals surface area contributed by atoms with Crippen LogP contribution in [0.4, 0.5) is 0 Å². The van der Waals surface area contributed by atoms with Crippen LogP contribution in [0.15, 0.2) is 6.20 Å². The van der Waals surface area contributed by atoms with Crippen LogP contribution in [-0.2, 0) is 0 Å². The van der Waals surface area contributed by atoms with Gasteiger partial charge >= 0.3 is 0 Å². The number of aromatic nitrogens is 2. The molecule has 1 aliphatic rings. The lowest BCUT2D eigenvalue weighted by Gasteiger charge is -2.22. The van der Waals surface area contributed by atoms with Crippen molar-refractivity contribution in [1.82, 2.24) is 14.9 Å². The molecule has 1 aromatic rings. The third-order valence-electron chi connectivity index (χ3n) is 3.31. The summed E-state index contributed by atoms with van der Waals surface area (Å²) in [5, 5.41) is 9.02. The molecule has 98 valence electrons. The first-order valence-electron chi connectivity index (χ1n) is 6.11. The van der Waals surface area contributed by atoms with Gasteiger partial charge in [-0.15, -0.1) is 0 Å². The molecule has 1 unspecified atom stereocenters. The van der Waals surface area contributed by atoms with Crippen LogP contribution in [0.3, 0.4) is 0 Å². The Hall–Kier alpha value is -1.53. The lowest BCUT2D eigenvalue weighted by molar-refractivity contribution is 0.0998. The predicted octanol–water partition coefficient (Wildman–Crippen LogP) is 0.0131. The molecule has 1 saturated heterocycles. The van der Waals surface area contributed by atoms with E-state index in [0.717, 1.165) is 19.4 Å². The molecule has 6 nitrogen and oxygen atoms in total. The minimum absolute atomic E-state index is 0.134. The van der Waals surface area contributed by atoms with Gasteiger partial charge in [0.2, 0.25) is 0 Å². The van der Waals surface area contributed by atoms with Gasteiger partial charge in [0, 0.05) is 12.7 Å². The number of aliphatic hydroxyl groups excluding tert-OH is 1. The molecule has 18 heavy (non-hydrogen) atoms. The fourth-order valence-corrected chi connectivity index (χ4v) is 2.40. The molecule has 0 aromatic carbocycles. The lowest BCUT2D eigenvalue weighted by Crippen LogP contribution is -2.28. The molecule has 2 rings (SSSR count). The molecule has 2 heterocycles. The molecule has 1 aliphatic heterocycles. The number of hydrogen-bond acceptors (Lipinski definition) is 5. The molecule has 1 fully saturated rings. The molecule has 1 amide bonds. The number of likely N-dealkylation sites (tertiary alicyclic amines) is 1. The predicted molar refractivity (Wildman–Crippen MR) is 65.9 cm³/mol. The van der Waals surface area contributed by atoms with Crippen LogP contribution in [0.5, 0.6) is 0 Å². The van der Waals surface area contributed by atoms with Crippen LogP contribution >= 0.6 is 0 Å². The normalized spacial score (nSPS) is 20.2. The highest BCUT2D eigenvalue weighted by Crippen LogP contribution is 2.29. The van der Waals surface area contributed by atoms with Gasteiger partial charge in [-0.25, -0.2) is 9.97 Å². The van der Waals surface area contributed by atoms with Gasteiger partial charge in [0.1, 0.15) is 5.82 Å². The van der Waals surface area contributed by atoms with Gasteiger partial charge in [-0.3, -0.25) is 9.69 Å². The molecule has 0 radical (unpaired) electrons. The molecule has 0 spiro atoms. The summed E-state index contributed by atoms with van der Waals surface area (Å²) in [4.78, 5) is 21.9. The zero-order valence-electron chi connectivity index (χ0n) is 10.5. The van der Waals surface area contributed by atoms with Crippen molar-refractivity contribution in [3.8, 4) is 0 Å². The lowest BCUT2D eigenvalue weighted by atomic mass is 10.1. The van der Waals surface area contributed by atoms with Crippen molar-refractivity contribution in [2.24, 2.45) is 5.73 Å². The Labute approximate surface area is 106 Å². The Morgan fingerprint density at radius 3 is 3.06 bits per heavy atom. The molecule has 0 aliphatic carbocycles. The van der Waals surface area contributed by atoms with Crippen LogP contribution in [0.25, 0.3) is 0 Å². The van der Waals surface area contributed by atoms with E-state index in [2.05, 4.69) is 14.9 Å². The van der Waals surface area contributed by atoms with Gasteiger partial charge in [-0.2, -0.15) is 0 Å². The minimum Gasteiger partial charge on any atom is -0.395 e. The number of aryl methyl sites for hydroxylation is 1. The summed E-state index contributed by atoms with van der Waals surface area (Å²) in [6.45, 7) is 3.47. The number of aliphatic hydroxyl groups is 1. The number of β-amino-alcohol motifs (C(OH)–C–C–N with tert-alkyl or cyclic N) is 1. The van der Waals surface area contributed by atoms with Crippen LogP contribution in [-0.4, -0.2) is 45.6 Å². The molecule has 0 saturated carbocycles. The molecular weight excluding hydrogens is 232 g/mol. The molecule has 0 bridgehead atoms. The van der Waals surface area contributed by atoms with E-state index in [1.165, 1.54) is 6.20 Å². The van der Waals surface area contributed by atoms with E-state index in [-0.39, 0.29) is 12.6 Å². The molecule has 1 atom stereocenters. The van der Waals surface area contributed by atoms with Crippen molar-refractivity contribution in [3.05, 3.63) is 23.3 Å². The second-order valence-electron chi connectivity index (χ2n) is 4.51. The zero-order chi connectivity index (χ0) is 13.1.